The molecule has 3 atom stereocenters. The first-order chi connectivity index (χ1) is 6.57. The molecule has 2 heterocycles. The molecule has 0 N–H and O–H groups in total. The smallest absolute Gasteiger partial charge is 0.327 e. The van der Waals surface area contributed by atoms with E-state index in [2.05, 4.69) is 20.7 Å². The molecule has 1 saturated heterocycles. The summed E-state index contributed by atoms with van der Waals surface area (Å²) in [4.78, 5) is 22.7. The molecule has 5 heteroatoms. The summed E-state index contributed by atoms with van der Waals surface area (Å²) in [6.07, 6.45) is 3.40. The van der Waals surface area contributed by atoms with Crippen molar-refractivity contribution in [1.29, 1.82) is 0 Å². The van der Waals surface area contributed by atoms with Crippen molar-refractivity contribution in [1.82, 2.24) is 0 Å². The number of rotatable bonds is 1. The normalized spacial score (nSPS) is 39.4. The summed E-state index contributed by atoms with van der Waals surface area (Å²) < 4.78 is 8.86. The molecule has 0 aromatic heterocycles. The van der Waals surface area contributed by atoms with E-state index in [0.717, 1.165) is 0 Å². The van der Waals surface area contributed by atoms with Gasteiger partial charge in [-0.15, -0.1) is 0 Å². The highest BCUT2D eigenvalue weighted by Gasteiger charge is 2.52. The van der Waals surface area contributed by atoms with E-state index in [-0.39, 0.29) is 17.9 Å². The van der Waals surface area contributed by atoms with Crippen LogP contribution in [0.15, 0.2) is 12.2 Å². The molecule has 2 aliphatic heterocycles. The van der Waals surface area contributed by atoms with Gasteiger partial charge in [-0.1, -0.05) is 22.0 Å². The maximum Gasteiger partial charge on any atom is 0.327 e. The fourth-order valence-corrected chi connectivity index (χ4v) is 2.34. The van der Waals surface area contributed by atoms with E-state index in [9.17, 15) is 9.59 Å². The average Bonchev–Trinajstić information content (AvgIpc) is 2.18. The predicted octanol–water partition coefficient (Wildman–Crippen LogP) is 0.795. The molecule has 2 bridgehead atoms. The minimum Gasteiger partial charge on any atom is -0.469 e. The SMILES string of the molecule is COC(=O)[C@@H]1C[C@]2(Br)C=C[C@H]1OC2=O. The molecule has 1 aliphatic carbocycles. The van der Waals surface area contributed by atoms with E-state index in [1.807, 2.05) is 0 Å². The third-order valence-corrected chi connectivity index (χ3v) is 3.46. The molecule has 0 saturated carbocycles. The summed E-state index contributed by atoms with van der Waals surface area (Å²) in [5.74, 6) is -1.05. The summed E-state index contributed by atoms with van der Waals surface area (Å²) in [5, 5.41) is 0. The minimum atomic E-state index is -0.833. The van der Waals surface area contributed by atoms with Gasteiger partial charge in [0.15, 0.2) is 0 Å². The van der Waals surface area contributed by atoms with Gasteiger partial charge in [-0.05, 0) is 12.5 Å². The summed E-state index contributed by atoms with van der Waals surface area (Å²) in [6, 6.07) is 0. The Morgan fingerprint density at radius 3 is 3.00 bits per heavy atom. The summed E-state index contributed by atoms with van der Waals surface area (Å²) in [6.45, 7) is 0. The third kappa shape index (κ3) is 1.27. The van der Waals surface area contributed by atoms with E-state index >= 15 is 0 Å². The lowest BCUT2D eigenvalue weighted by atomic mass is 9.81. The Morgan fingerprint density at radius 1 is 1.79 bits per heavy atom. The van der Waals surface area contributed by atoms with Crippen LogP contribution in [0.5, 0.6) is 0 Å². The van der Waals surface area contributed by atoms with Crippen LogP contribution >= 0.6 is 15.9 Å². The molecule has 4 nitrogen and oxygen atoms in total. The van der Waals surface area contributed by atoms with E-state index in [0.29, 0.717) is 6.42 Å². The number of hydrogen-bond donors (Lipinski definition) is 0. The van der Waals surface area contributed by atoms with Gasteiger partial charge in [0.25, 0.3) is 0 Å². The van der Waals surface area contributed by atoms with Gasteiger partial charge in [-0.3, -0.25) is 9.59 Å². The molecule has 14 heavy (non-hydrogen) atoms. The van der Waals surface area contributed by atoms with Crippen LogP contribution in [0, 0.1) is 5.92 Å². The molecule has 0 aromatic carbocycles. The van der Waals surface area contributed by atoms with Crippen LogP contribution in [0.3, 0.4) is 0 Å². The number of hydrogen-bond acceptors (Lipinski definition) is 4. The molecule has 1 fully saturated rings. The molecular formula is C9H9BrO4. The van der Waals surface area contributed by atoms with Gasteiger partial charge in [-0.25, -0.2) is 0 Å². The second-order valence-corrected chi connectivity index (χ2v) is 4.84. The third-order valence-electron chi connectivity index (χ3n) is 2.55. The molecule has 0 aromatic rings. The maximum absolute atomic E-state index is 11.4. The van der Waals surface area contributed by atoms with Gasteiger partial charge in [-0.2, -0.15) is 0 Å². The van der Waals surface area contributed by atoms with E-state index in [4.69, 9.17) is 4.74 Å². The maximum atomic E-state index is 11.4. The molecule has 0 spiro atoms. The minimum absolute atomic E-state index is 0.329. The molecule has 3 aliphatic rings. The van der Waals surface area contributed by atoms with Gasteiger partial charge in [0, 0.05) is 0 Å². The van der Waals surface area contributed by atoms with Crippen LogP contribution in [0.25, 0.3) is 0 Å². The zero-order chi connectivity index (χ0) is 10.3. The highest BCUT2D eigenvalue weighted by Crippen LogP contribution is 2.42. The lowest BCUT2D eigenvalue weighted by molar-refractivity contribution is -0.167. The predicted molar refractivity (Wildman–Crippen MR) is 50.8 cm³/mol. The van der Waals surface area contributed by atoms with Crippen molar-refractivity contribution in [3.05, 3.63) is 12.2 Å². The van der Waals surface area contributed by atoms with Crippen LogP contribution in [0.1, 0.15) is 6.42 Å². The van der Waals surface area contributed by atoms with Crippen molar-refractivity contribution in [2.45, 2.75) is 16.8 Å². The van der Waals surface area contributed by atoms with Crippen molar-refractivity contribution in [3.8, 4) is 0 Å². The van der Waals surface area contributed by atoms with Crippen molar-refractivity contribution in [3.63, 3.8) is 0 Å². The fraction of sp³-hybridized carbons (Fsp3) is 0.556. The highest BCUT2D eigenvalue weighted by atomic mass is 79.9. The topological polar surface area (TPSA) is 52.6 Å². The largest absolute Gasteiger partial charge is 0.469 e. The molecule has 0 radical (unpaired) electrons. The molecule has 0 amide bonds. The van der Waals surface area contributed by atoms with Gasteiger partial charge in [0.2, 0.25) is 0 Å². The Balaban J connectivity index is 2.27. The van der Waals surface area contributed by atoms with Gasteiger partial charge >= 0.3 is 11.9 Å². The number of carbonyl (C=O) groups is 2. The van der Waals surface area contributed by atoms with E-state index in [1.54, 1.807) is 12.2 Å². The van der Waals surface area contributed by atoms with Crippen LogP contribution in [0.4, 0.5) is 0 Å². The molecule has 76 valence electrons. The Bertz CT molecular complexity index is 325. The van der Waals surface area contributed by atoms with Crippen molar-refractivity contribution in [2.75, 3.05) is 7.11 Å². The first kappa shape index (κ1) is 9.71. The average molecular weight is 261 g/mol. The number of carbonyl (C=O) groups excluding carboxylic acids is 2. The number of methoxy groups -OCH3 is 1. The lowest BCUT2D eigenvalue weighted by Crippen LogP contribution is -2.51. The number of ether oxygens (including phenoxy) is 2. The van der Waals surface area contributed by atoms with Crippen LogP contribution in [-0.2, 0) is 19.1 Å². The fourth-order valence-electron chi connectivity index (χ4n) is 1.75. The first-order valence-corrected chi connectivity index (χ1v) is 5.03. The number of fused-ring (bicyclic) bond motifs is 2. The van der Waals surface area contributed by atoms with Gasteiger partial charge in [0.1, 0.15) is 10.4 Å². The Morgan fingerprint density at radius 2 is 2.50 bits per heavy atom. The Kier molecular flexibility index (Phi) is 2.14. The monoisotopic (exact) mass is 260 g/mol. The summed E-state index contributed by atoms with van der Waals surface area (Å²) in [7, 11) is 1.33. The van der Waals surface area contributed by atoms with Gasteiger partial charge in [0.05, 0.1) is 13.0 Å². The van der Waals surface area contributed by atoms with Gasteiger partial charge < -0.3 is 9.47 Å². The number of esters is 2. The second-order valence-electron chi connectivity index (χ2n) is 3.43. The zero-order valence-corrected chi connectivity index (χ0v) is 9.11. The number of alkyl halides is 1. The van der Waals surface area contributed by atoms with Crippen molar-refractivity contribution < 1.29 is 19.1 Å². The highest BCUT2D eigenvalue weighted by molar-refractivity contribution is 9.10. The lowest BCUT2D eigenvalue weighted by Gasteiger charge is -2.40. The number of halogens is 1. The van der Waals surface area contributed by atoms with E-state index in [1.165, 1.54) is 7.11 Å². The zero-order valence-electron chi connectivity index (χ0n) is 7.53. The first-order valence-electron chi connectivity index (χ1n) is 4.24. The molecule has 3 rings (SSSR count). The molecule has 0 unspecified atom stereocenters. The van der Waals surface area contributed by atoms with Crippen LogP contribution in [0.2, 0.25) is 0 Å². The Hall–Kier alpha value is -0.840. The van der Waals surface area contributed by atoms with Crippen LogP contribution < -0.4 is 0 Å². The quantitative estimate of drug-likeness (QED) is 0.398. The molecular weight excluding hydrogens is 252 g/mol. The second kappa shape index (κ2) is 3.08. The Labute approximate surface area is 89.4 Å². The standard InChI is InChI=1S/C9H9BrO4/c1-13-7(11)5-4-9(10)3-2-6(5)14-8(9)12/h2-3,5-6H,4H2,1H3/t5-,6-,9-/m1/s1. The van der Waals surface area contributed by atoms with E-state index < -0.39 is 10.4 Å². The summed E-state index contributed by atoms with van der Waals surface area (Å²) >= 11 is 3.27. The van der Waals surface area contributed by atoms with Crippen molar-refractivity contribution >= 4 is 27.9 Å². The van der Waals surface area contributed by atoms with Crippen molar-refractivity contribution in [2.24, 2.45) is 5.92 Å². The summed E-state index contributed by atoms with van der Waals surface area (Å²) in [5.41, 5.74) is 0. The van der Waals surface area contributed by atoms with Crippen LogP contribution in [-0.4, -0.2) is 29.5 Å².